The van der Waals surface area contributed by atoms with Crippen LogP contribution in [0.15, 0.2) is 54.9 Å². The first-order chi connectivity index (χ1) is 22.2. The second-order valence-corrected chi connectivity index (χ2v) is 10.7. The summed E-state index contributed by atoms with van der Waals surface area (Å²) in [5, 5.41) is 13.7. The van der Waals surface area contributed by atoms with Gasteiger partial charge in [0, 0.05) is 35.3 Å². The van der Waals surface area contributed by atoms with Crippen LogP contribution < -0.4 is 24.0 Å². The van der Waals surface area contributed by atoms with Crippen molar-refractivity contribution < 1.29 is 33.5 Å². The molecule has 0 fully saturated rings. The molecule has 0 bridgehead atoms. The second kappa shape index (κ2) is 11.8. The Morgan fingerprint density at radius 1 is 1.07 bits per heavy atom. The average Bonchev–Trinajstić information content (AvgIpc) is 3.78. The summed E-state index contributed by atoms with van der Waals surface area (Å²) < 4.78 is 24.6. The number of rotatable bonds is 7. The molecule has 1 unspecified atom stereocenters. The summed E-state index contributed by atoms with van der Waals surface area (Å²) in [7, 11) is 7.12. The third-order valence-corrected chi connectivity index (χ3v) is 8.55. The summed E-state index contributed by atoms with van der Waals surface area (Å²) in [4.78, 5) is 45.6. The Balaban J connectivity index is 1.59. The van der Waals surface area contributed by atoms with Crippen LogP contribution in [0.5, 0.6) is 17.2 Å². The van der Waals surface area contributed by atoms with E-state index in [4.69, 9.17) is 30.5 Å². The van der Waals surface area contributed by atoms with E-state index in [2.05, 4.69) is 4.98 Å². The number of nitrogens with zero attached hydrogens (tertiary/aromatic N) is 6. The lowest BCUT2D eigenvalue weighted by molar-refractivity contribution is -0.396. The van der Waals surface area contributed by atoms with Gasteiger partial charge in [0.05, 0.1) is 46.9 Å². The van der Waals surface area contributed by atoms with Crippen LogP contribution in [-0.4, -0.2) is 72.0 Å². The molecule has 2 aromatic heterocycles. The van der Waals surface area contributed by atoms with E-state index in [-0.39, 0.29) is 24.2 Å². The van der Waals surface area contributed by atoms with E-state index < -0.39 is 23.0 Å². The number of hydrogen-bond acceptors (Lipinski definition) is 9. The quantitative estimate of drug-likeness (QED) is 0.115. The standard InChI is InChI=1S/C31H29ClN6O8/c1-34-24(15-33-29(34)38(41)42)37(31(40)46-5)21-13-22-25(20-9-7-6-8-19(20)21)18(14-32)16-36(22)30(39)35-11-10-17-12-23(43-2)27(44-3)28(45-4)26(17)35/h6-13,15,18H,14,16H2,1-5H3. The van der Waals surface area contributed by atoms with Gasteiger partial charge in [0.2, 0.25) is 11.6 Å². The molecule has 2 amide bonds. The van der Waals surface area contributed by atoms with Crippen molar-refractivity contribution in [1.29, 1.82) is 0 Å². The Morgan fingerprint density at radius 2 is 1.78 bits per heavy atom. The molecule has 5 aromatic rings. The topological polar surface area (TPSA) is 143 Å². The number of amides is 2. The van der Waals surface area contributed by atoms with Crippen molar-refractivity contribution in [1.82, 2.24) is 14.1 Å². The van der Waals surface area contributed by atoms with Crippen LogP contribution in [0.4, 0.5) is 32.7 Å². The fourth-order valence-electron chi connectivity index (χ4n) is 6.15. The van der Waals surface area contributed by atoms with Crippen LogP contribution in [0.25, 0.3) is 21.7 Å². The van der Waals surface area contributed by atoms with Gasteiger partial charge in [0.1, 0.15) is 5.52 Å². The van der Waals surface area contributed by atoms with E-state index in [0.29, 0.717) is 44.9 Å². The minimum atomic E-state index is -0.810. The first kappa shape index (κ1) is 30.5. The number of carbonyl (C=O) groups is 2. The Morgan fingerprint density at radius 3 is 2.39 bits per heavy atom. The van der Waals surface area contributed by atoms with Gasteiger partial charge in [-0.2, -0.15) is 0 Å². The predicted molar refractivity (Wildman–Crippen MR) is 172 cm³/mol. The van der Waals surface area contributed by atoms with Crippen molar-refractivity contribution in [3.05, 3.63) is 70.5 Å². The van der Waals surface area contributed by atoms with Gasteiger partial charge in [-0.05, 0) is 34.1 Å². The smallest absolute Gasteiger partial charge is 0.436 e. The van der Waals surface area contributed by atoms with Crippen molar-refractivity contribution in [2.75, 3.05) is 50.7 Å². The highest BCUT2D eigenvalue weighted by Gasteiger charge is 2.38. The van der Waals surface area contributed by atoms with Crippen molar-refractivity contribution >= 4 is 68.5 Å². The Kier molecular flexibility index (Phi) is 7.82. The number of ether oxygens (including phenoxy) is 4. The molecule has 0 aliphatic carbocycles. The lowest BCUT2D eigenvalue weighted by Gasteiger charge is -2.24. The highest BCUT2D eigenvalue weighted by Crippen LogP contribution is 2.48. The largest absolute Gasteiger partial charge is 0.493 e. The number of benzene rings is 3. The van der Waals surface area contributed by atoms with Crippen LogP contribution in [0.2, 0.25) is 0 Å². The SMILES string of the molecule is COC(=O)N(c1cc2c(c3ccccc13)C(CCl)CN2C(=O)n1ccc2cc(OC)c(OC)c(OC)c21)c1cnc([N+](=O)[O-])n1C. The Hall–Kier alpha value is -5.50. The average molecular weight is 649 g/mol. The zero-order valence-corrected chi connectivity index (χ0v) is 26.3. The minimum Gasteiger partial charge on any atom is -0.493 e. The summed E-state index contributed by atoms with van der Waals surface area (Å²) in [5.41, 5.74) is 2.14. The van der Waals surface area contributed by atoms with Crippen LogP contribution in [0, 0.1) is 10.1 Å². The third-order valence-electron chi connectivity index (χ3n) is 8.17. The highest BCUT2D eigenvalue weighted by atomic mass is 35.5. The highest BCUT2D eigenvalue weighted by molar-refractivity contribution is 6.19. The van der Waals surface area contributed by atoms with Crippen molar-refractivity contribution in [3.8, 4) is 17.2 Å². The zero-order chi connectivity index (χ0) is 32.9. The van der Waals surface area contributed by atoms with Crippen molar-refractivity contribution in [2.24, 2.45) is 7.05 Å². The first-order valence-corrected chi connectivity index (χ1v) is 14.5. The molecule has 1 aliphatic rings. The van der Waals surface area contributed by atoms with E-state index in [1.54, 1.807) is 29.3 Å². The van der Waals surface area contributed by atoms with E-state index >= 15 is 0 Å². The molecule has 0 saturated heterocycles. The van der Waals surface area contributed by atoms with Gasteiger partial charge in [0.15, 0.2) is 17.7 Å². The number of halogens is 1. The van der Waals surface area contributed by atoms with E-state index in [1.807, 2.05) is 24.3 Å². The number of carbonyl (C=O) groups excluding carboxylic acids is 2. The summed E-state index contributed by atoms with van der Waals surface area (Å²) in [6, 6.07) is 12.2. The normalized spacial score (nSPS) is 14.0. The maximum atomic E-state index is 14.5. The van der Waals surface area contributed by atoms with Gasteiger partial charge in [0.25, 0.3) is 0 Å². The molecule has 15 heteroatoms. The summed E-state index contributed by atoms with van der Waals surface area (Å²) in [6.07, 6.45) is 2.05. The van der Waals surface area contributed by atoms with Gasteiger partial charge >= 0.3 is 18.1 Å². The third kappa shape index (κ3) is 4.52. The maximum absolute atomic E-state index is 14.5. The number of hydrogen-bond donors (Lipinski definition) is 0. The molecule has 46 heavy (non-hydrogen) atoms. The first-order valence-electron chi connectivity index (χ1n) is 14.0. The number of methoxy groups -OCH3 is 4. The fourth-order valence-corrected chi connectivity index (χ4v) is 6.40. The second-order valence-electron chi connectivity index (χ2n) is 10.4. The zero-order valence-electron chi connectivity index (χ0n) is 25.5. The summed E-state index contributed by atoms with van der Waals surface area (Å²) >= 11 is 6.52. The molecular weight excluding hydrogens is 620 g/mol. The van der Waals surface area contributed by atoms with Crippen LogP contribution >= 0.6 is 11.6 Å². The Labute approximate surface area is 267 Å². The predicted octanol–water partition coefficient (Wildman–Crippen LogP) is 6.18. The fraction of sp³-hybridized carbons (Fsp3) is 0.258. The van der Waals surface area contributed by atoms with Gasteiger partial charge in [-0.3, -0.25) is 9.47 Å². The molecule has 238 valence electrons. The number of aromatic nitrogens is 3. The minimum absolute atomic E-state index is 0.0932. The summed E-state index contributed by atoms with van der Waals surface area (Å²) in [5.74, 6) is 0.692. The van der Waals surface area contributed by atoms with Gasteiger partial charge in [-0.15, -0.1) is 11.6 Å². The van der Waals surface area contributed by atoms with E-state index in [1.165, 1.54) is 55.7 Å². The molecule has 1 aliphatic heterocycles. The number of nitro groups is 1. The molecule has 14 nitrogen and oxygen atoms in total. The number of anilines is 3. The van der Waals surface area contributed by atoms with E-state index in [9.17, 15) is 19.7 Å². The molecule has 3 aromatic carbocycles. The van der Waals surface area contributed by atoms with Gasteiger partial charge in [-0.1, -0.05) is 29.2 Å². The Bertz CT molecular complexity index is 2040. The molecule has 1 atom stereocenters. The number of imidazole rings is 1. The molecule has 0 N–H and O–H groups in total. The van der Waals surface area contributed by atoms with Crippen LogP contribution in [-0.2, 0) is 11.8 Å². The van der Waals surface area contributed by atoms with Gasteiger partial charge < -0.3 is 29.1 Å². The van der Waals surface area contributed by atoms with Crippen molar-refractivity contribution in [2.45, 2.75) is 5.92 Å². The molecule has 6 rings (SSSR count). The number of alkyl halides is 1. The lowest BCUT2D eigenvalue weighted by atomic mass is 9.94. The maximum Gasteiger partial charge on any atom is 0.436 e. The van der Waals surface area contributed by atoms with Crippen molar-refractivity contribution in [3.63, 3.8) is 0 Å². The van der Waals surface area contributed by atoms with Gasteiger partial charge in [-0.25, -0.2) is 19.1 Å². The van der Waals surface area contributed by atoms with Crippen LogP contribution in [0.1, 0.15) is 11.5 Å². The molecule has 0 saturated carbocycles. The lowest BCUT2D eigenvalue weighted by Crippen LogP contribution is -2.34. The molecular formula is C31H29ClN6O8. The van der Waals surface area contributed by atoms with Crippen LogP contribution in [0.3, 0.4) is 0 Å². The number of fused-ring (bicyclic) bond motifs is 4. The molecule has 0 spiro atoms. The summed E-state index contributed by atoms with van der Waals surface area (Å²) in [6.45, 7) is 0.246. The molecule has 0 radical (unpaired) electrons. The monoisotopic (exact) mass is 648 g/mol. The molecule has 3 heterocycles. The van der Waals surface area contributed by atoms with E-state index in [0.717, 1.165) is 10.9 Å².